The fourth-order valence-corrected chi connectivity index (χ4v) is 7.40. The van der Waals surface area contributed by atoms with Gasteiger partial charge in [0.05, 0.1) is 10.8 Å². The van der Waals surface area contributed by atoms with Crippen LogP contribution in [0, 0.1) is 13.8 Å². The molecule has 0 aliphatic carbocycles. The first-order valence-electron chi connectivity index (χ1n) is 12.5. The lowest BCUT2D eigenvalue weighted by molar-refractivity contribution is 0.162. The molecule has 0 saturated carbocycles. The predicted octanol–water partition coefficient (Wildman–Crippen LogP) is 4.13. The van der Waals surface area contributed by atoms with Gasteiger partial charge in [-0.25, -0.2) is 9.97 Å². The van der Waals surface area contributed by atoms with E-state index < -0.39 is 0 Å². The van der Waals surface area contributed by atoms with E-state index in [4.69, 9.17) is 17.6 Å². The molecule has 2 fully saturated rings. The van der Waals surface area contributed by atoms with E-state index in [1.165, 1.54) is 45.4 Å². The van der Waals surface area contributed by atoms with Gasteiger partial charge in [0.1, 0.15) is 17.0 Å². The van der Waals surface area contributed by atoms with Crippen LogP contribution in [0.25, 0.3) is 10.2 Å². The van der Waals surface area contributed by atoms with Crippen LogP contribution < -0.4 is 10.2 Å². The van der Waals surface area contributed by atoms with Gasteiger partial charge in [-0.05, 0) is 55.5 Å². The van der Waals surface area contributed by atoms with Crippen molar-refractivity contribution in [3.8, 4) is 0 Å². The first-order valence-corrected chi connectivity index (χ1v) is 13.9. The SMILES string of the molecule is Cc1sc2ncnc(N3CCN(Cc4cccc5c4CN(C4CCCNC4)C5S)CC3)c2c1C. The highest BCUT2D eigenvalue weighted by Crippen LogP contribution is 2.41. The molecule has 3 aromatic rings. The largest absolute Gasteiger partial charge is 0.353 e. The first kappa shape index (κ1) is 22.7. The molecule has 1 aromatic carbocycles. The number of thiophene rings is 1. The van der Waals surface area contributed by atoms with Gasteiger partial charge in [0.2, 0.25) is 0 Å². The third-order valence-corrected chi connectivity index (χ3v) is 9.68. The van der Waals surface area contributed by atoms with Crippen LogP contribution in [0.1, 0.15) is 45.3 Å². The van der Waals surface area contributed by atoms with Gasteiger partial charge in [-0.3, -0.25) is 9.80 Å². The summed E-state index contributed by atoms with van der Waals surface area (Å²) in [4.78, 5) is 19.3. The van der Waals surface area contributed by atoms with E-state index in [1.807, 2.05) is 0 Å². The molecule has 0 radical (unpaired) electrons. The molecular weight excluding hydrogens is 460 g/mol. The molecule has 8 heteroatoms. The molecule has 0 spiro atoms. The number of piperidine rings is 1. The van der Waals surface area contributed by atoms with Crippen molar-refractivity contribution in [1.82, 2.24) is 25.1 Å². The number of thiol groups is 1. The highest BCUT2D eigenvalue weighted by atomic mass is 32.1. The number of benzene rings is 1. The van der Waals surface area contributed by atoms with Crippen LogP contribution in [0.15, 0.2) is 24.5 Å². The summed E-state index contributed by atoms with van der Waals surface area (Å²) in [5.41, 5.74) is 5.73. The molecule has 3 aliphatic heterocycles. The Morgan fingerprint density at radius 2 is 2.00 bits per heavy atom. The standard InChI is InChI=1S/C26H34N6S2/c1-17-18(2)34-25-23(17)24(28-16-29-25)31-11-9-30(10-12-31)14-19-5-3-7-21-22(19)15-32(26(21)33)20-6-4-8-27-13-20/h3,5,7,16,20,26-27,33H,4,6,8-15H2,1-2H3. The van der Waals surface area contributed by atoms with Gasteiger partial charge >= 0.3 is 0 Å². The molecule has 34 heavy (non-hydrogen) atoms. The van der Waals surface area contributed by atoms with E-state index in [1.54, 1.807) is 17.7 Å². The Labute approximate surface area is 211 Å². The average molecular weight is 495 g/mol. The minimum Gasteiger partial charge on any atom is -0.353 e. The lowest BCUT2D eigenvalue weighted by atomic mass is 10.0. The monoisotopic (exact) mass is 494 g/mol. The highest BCUT2D eigenvalue weighted by molar-refractivity contribution is 7.80. The number of fused-ring (bicyclic) bond motifs is 2. The van der Waals surface area contributed by atoms with E-state index >= 15 is 0 Å². The van der Waals surface area contributed by atoms with Crippen molar-refractivity contribution in [1.29, 1.82) is 0 Å². The number of piperazine rings is 1. The maximum atomic E-state index is 5.05. The van der Waals surface area contributed by atoms with Crippen LogP contribution in [0.5, 0.6) is 0 Å². The average Bonchev–Trinajstić information content (AvgIpc) is 3.37. The number of anilines is 1. The van der Waals surface area contributed by atoms with Crippen LogP contribution in [0.4, 0.5) is 5.82 Å². The Balaban J connectivity index is 1.15. The Morgan fingerprint density at radius 3 is 2.79 bits per heavy atom. The molecule has 2 saturated heterocycles. The maximum absolute atomic E-state index is 5.05. The van der Waals surface area contributed by atoms with Crippen LogP contribution in [-0.4, -0.2) is 65.1 Å². The van der Waals surface area contributed by atoms with Crippen molar-refractivity contribution in [3.63, 3.8) is 0 Å². The third-order valence-electron chi connectivity index (χ3n) is 7.99. The number of hydrogen-bond donors (Lipinski definition) is 2. The minimum atomic E-state index is 0.217. The number of nitrogens with one attached hydrogen (secondary N) is 1. The molecule has 2 atom stereocenters. The number of aromatic nitrogens is 2. The van der Waals surface area contributed by atoms with Gasteiger partial charge < -0.3 is 10.2 Å². The number of rotatable bonds is 4. The molecule has 6 nitrogen and oxygen atoms in total. The van der Waals surface area contributed by atoms with E-state index in [9.17, 15) is 0 Å². The molecule has 6 rings (SSSR count). The molecule has 0 amide bonds. The first-order chi connectivity index (χ1) is 16.6. The van der Waals surface area contributed by atoms with Crippen molar-refractivity contribution >= 4 is 40.0 Å². The number of hydrogen-bond acceptors (Lipinski definition) is 8. The Bertz CT molecular complexity index is 1180. The zero-order valence-corrected chi connectivity index (χ0v) is 21.8. The molecule has 180 valence electrons. The van der Waals surface area contributed by atoms with Crippen molar-refractivity contribution in [2.75, 3.05) is 44.2 Å². The van der Waals surface area contributed by atoms with Crippen LogP contribution in [0.3, 0.4) is 0 Å². The number of aryl methyl sites for hydroxylation is 2. The lowest BCUT2D eigenvalue weighted by Crippen LogP contribution is -2.46. The summed E-state index contributed by atoms with van der Waals surface area (Å²) in [5, 5.41) is 5.04. The second-order valence-electron chi connectivity index (χ2n) is 9.95. The second kappa shape index (κ2) is 9.39. The van der Waals surface area contributed by atoms with E-state index in [0.29, 0.717) is 6.04 Å². The third kappa shape index (κ3) is 4.03. The summed E-state index contributed by atoms with van der Waals surface area (Å²) in [7, 11) is 0. The van der Waals surface area contributed by atoms with Gasteiger partial charge in [-0.1, -0.05) is 18.2 Å². The fraction of sp³-hybridized carbons (Fsp3) is 0.538. The molecule has 3 aliphatic rings. The van der Waals surface area contributed by atoms with Crippen molar-refractivity contribution < 1.29 is 0 Å². The van der Waals surface area contributed by atoms with Gasteiger partial charge in [-0.15, -0.1) is 11.3 Å². The van der Waals surface area contributed by atoms with E-state index in [2.05, 4.69) is 57.0 Å². The molecule has 2 unspecified atom stereocenters. The quantitative estimate of drug-likeness (QED) is 0.532. The summed E-state index contributed by atoms with van der Waals surface area (Å²) >= 11 is 6.83. The highest BCUT2D eigenvalue weighted by Gasteiger charge is 2.35. The fourth-order valence-electron chi connectivity index (χ4n) is 5.89. The maximum Gasteiger partial charge on any atom is 0.141 e. The molecule has 5 heterocycles. The van der Waals surface area contributed by atoms with Gasteiger partial charge in [0.15, 0.2) is 0 Å². The van der Waals surface area contributed by atoms with Crippen molar-refractivity contribution in [2.45, 2.75) is 51.2 Å². The zero-order valence-electron chi connectivity index (χ0n) is 20.1. The lowest BCUT2D eigenvalue weighted by Gasteiger charge is -2.36. The second-order valence-corrected chi connectivity index (χ2v) is 11.6. The minimum absolute atomic E-state index is 0.217. The van der Waals surface area contributed by atoms with Gasteiger partial charge in [0.25, 0.3) is 0 Å². The molecule has 0 bridgehead atoms. The van der Waals surface area contributed by atoms with Crippen LogP contribution in [-0.2, 0) is 13.1 Å². The Morgan fingerprint density at radius 1 is 1.15 bits per heavy atom. The van der Waals surface area contributed by atoms with Crippen LogP contribution >= 0.6 is 24.0 Å². The normalized spacial score (nSPS) is 24.1. The smallest absolute Gasteiger partial charge is 0.141 e. The van der Waals surface area contributed by atoms with Gasteiger partial charge in [-0.2, -0.15) is 12.6 Å². The zero-order chi connectivity index (χ0) is 23.2. The van der Waals surface area contributed by atoms with Crippen molar-refractivity contribution in [3.05, 3.63) is 51.7 Å². The van der Waals surface area contributed by atoms with E-state index in [0.717, 1.165) is 63.0 Å². The summed E-state index contributed by atoms with van der Waals surface area (Å²) in [5.74, 6) is 1.11. The summed E-state index contributed by atoms with van der Waals surface area (Å²) < 4.78 is 0. The summed E-state index contributed by atoms with van der Waals surface area (Å²) in [6.07, 6.45) is 4.27. The molecule has 1 N–H and O–H groups in total. The topological polar surface area (TPSA) is 47.5 Å². The predicted molar refractivity (Wildman–Crippen MR) is 144 cm³/mol. The molecular formula is C26H34N6S2. The number of nitrogens with zero attached hydrogens (tertiary/aromatic N) is 5. The van der Waals surface area contributed by atoms with Crippen LogP contribution in [0.2, 0.25) is 0 Å². The van der Waals surface area contributed by atoms with Crippen molar-refractivity contribution in [2.24, 2.45) is 0 Å². The Hall–Kier alpha value is -1.71. The summed E-state index contributed by atoms with van der Waals surface area (Å²) in [6, 6.07) is 7.44. The molecule has 2 aromatic heterocycles. The van der Waals surface area contributed by atoms with E-state index in [-0.39, 0.29) is 5.37 Å². The van der Waals surface area contributed by atoms with Gasteiger partial charge in [0, 0.05) is 56.7 Å². The summed E-state index contributed by atoms with van der Waals surface area (Å²) in [6.45, 7) is 12.8. The Kier molecular flexibility index (Phi) is 6.28.